The van der Waals surface area contributed by atoms with E-state index in [2.05, 4.69) is 28.2 Å². The number of rotatable bonds is 6. The molecule has 2 heterocycles. The first-order chi connectivity index (χ1) is 9.69. The lowest BCUT2D eigenvalue weighted by Crippen LogP contribution is -2.32. The van der Waals surface area contributed by atoms with Crippen molar-refractivity contribution >= 4 is 5.91 Å². The van der Waals surface area contributed by atoms with Crippen molar-refractivity contribution in [3.05, 3.63) is 29.6 Å². The van der Waals surface area contributed by atoms with Crippen LogP contribution in [0, 0.1) is 6.92 Å². The fourth-order valence-electron chi connectivity index (χ4n) is 2.67. The normalized spacial score (nSPS) is 17.1. The average Bonchev–Trinajstić information content (AvgIpc) is 2.96. The summed E-state index contributed by atoms with van der Waals surface area (Å²) < 4.78 is 0. The van der Waals surface area contributed by atoms with Crippen LogP contribution >= 0.6 is 0 Å². The Bertz CT molecular complexity index is 441. The third kappa shape index (κ3) is 4.30. The molecule has 1 aliphatic heterocycles. The highest BCUT2D eigenvalue weighted by atomic mass is 16.1. The molecule has 4 heteroatoms. The number of aromatic nitrogens is 1. The minimum Gasteiger partial charge on any atom is -0.348 e. The van der Waals surface area contributed by atoms with Gasteiger partial charge in [0.2, 0.25) is 5.91 Å². The minimum atomic E-state index is 0.0287. The first-order valence-corrected chi connectivity index (χ1v) is 7.63. The lowest BCUT2D eigenvalue weighted by atomic mass is 10.1. The van der Waals surface area contributed by atoms with Crippen molar-refractivity contribution < 1.29 is 4.79 Å². The Hall–Kier alpha value is -1.42. The maximum atomic E-state index is 12.1. The van der Waals surface area contributed by atoms with E-state index >= 15 is 0 Å². The summed E-state index contributed by atoms with van der Waals surface area (Å²) in [5, 5.41) is 3.11. The van der Waals surface area contributed by atoms with Crippen molar-refractivity contribution in [3.63, 3.8) is 0 Å². The molecule has 0 saturated carbocycles. The molecule has 0 aliphatic carbocycles. The van der Waals surface area contributed by atoms with E-state index in [1.54, 1.807) is 0 Å². The first-order valence-electron chi connectivity index (χ1n) is 7.63. The zero-order valence-corrected chi connectivity index (χ0v) is 12.6. The molecule has 0 unspecified atom stereocenters. The molecule has 1 fully saturated rings. The second-order valence-electron chi connectivity index (χ2n) is 5.59. The quantitative estimate of drug-likeness (QED) is 0.867. The molecule has 4 nitrogen and oxygen atoms in total. The maximum absolute atomic E-state index is 12.1. The highest BCUT2D eigenvalue weighted by Crippen LogP contribution is 2.15. The molecule has 110 valence electrons. The monoisotopic (exact) mass is 275 g/mol. The van der Waals surface area contributed by atoms with Crippen LogP contribution in [0.5, 0.6) is 0 Å². The van der Waals surface area contributed by atoms with Crippen molar-refractivity contribution in [3.8, 4) is 0 Å². The van der Waals surface area contributed by atoms with E-state index in [0.717, 1.165) is 31.7 Å². The van der Waals surface area contributed by atoms with E-state index in [1.165, 1.54) is 18.4 Å². The molecular weight excluding hydrogens is 250 g/mol. The van der Waals surface area contributed by atoms with Gasteiger partial charge in [0.15, 0.2) is 0 Å². The zero-order chi connectivity index (χ0) is 14.4. The number of nitrogens with one attached hydrogen (secondary N) is 1. The SMILES string of the molecule is CC[C@@H](NC(=O)CCN1CCCC1)c1cc(C)ccn1. The van der Waals surface area contributed by atoms with Crippen molar-refractivity contribution in [2.45, 2.75) is 45.6 Å². The summed E-state index contributed by atoms with van der Waals surface area (Å²) in [5.41, 5.74) is 2.14. The average molecular weight is 275 g/mol. The van der Waals surface area contributed by atoms with Crippen LogP contribution in [0.4, 0.5) is 0 Å². The van der Waals surface area contributed by atoms with Crippen LogP contribution in [0.1, 0.15) is 49.9 Å². The molecule has 20 heavy (non-hydrogen) atoms. The van der Waals surface area contributed by atoms with E-state index in [-0.39, 0.29) is 11.9 Å². The molecule has 0 radical (unpaired) electrons. The van der Waals surface area contributed by atoms with E-state index in [1.807, 2.05) is 19.2 Å². The minimum absolute atomic E-state index is 0.0287. The van der Waals surface area contributed by atoms with Gasteiger partial charge in [0.05, 0.1) is 11.7 Å². The Morgan fingerprint density at radius 3 is 2.85 bits per heavy atom. The zero-order valence-electron chi connectivity index (χ0n) is 12.6. The second kappa shape index (κ2) is 7.39. The summed E-state index contributed by atoms with van der Waals surface area (Å²) in [6.07, 6.45) is 5.80. The lowest BCUT2D eigenvalue weighted by Gasteiger charge is -2.18. The predicted molar refractivity (Wildman–Crippen MR) is 80.4 cm³/mol. The molecule has 1 amide bonds. The van der Waals surface area contributed by atoms with Crippen molar-refractivity contribution in [1.82, 2.24) is 15.2 Å². The molecular formula is C16H25N3O. The van der Waals surface area contributed by atoms with Crippen molar-refractivity contribution in [1.29, 1.82) is 0 Å². The van der Waals surface area contributed by atoms with E-state index in [0.29, 0.717) is 6.42 Å². The summed E-state index contributed by atoms with van der Waals surface area (Å²) in [7, 11) is 0. The fourth-order valence-corrected chi connectivity index (χ4v) is 2.67. The maximum Gasteiger partial charge on any atom is 0.221 e. The molecule has 0 spiro atoms. The summed E-state index contributed by atoms with van der Waals surface area (Å²) in [6.45, 7) is 7.29. The van der Waals surface area contributed by atoms with Crippen LogP contribution in [0.15, 0.2) is 18.3 Å². The first kappa shape index (κ1) is 15.0. The van der Waals surface area contributed by atoms with Crippen molar-refractivity contribution in [2.24, 2.45) is 0 Å². The second-order valence-corrected chi connectivity index (χ2v) is 5.59. The Kier molecular flexibility index (Phi) is 5.53. The number of aryl methyl sites for hydroxylation is 1. The van der Waals surface area contributed by atoms with Crippen LogP contribution in [-0.4, -0.2) is 35.4 Å². The van der Waals surface area contributed by atoms with Gasteiger partial charge in [-0.1, -0.05) is 6.92 Å². The molecule has 1 aromatic heterocycles. The van der Waals surface area contributed by atoms with Gasteiger partial charge in [-0.05, 0) is 57.0 Å². The number of likely N-dealkylation sites (tertiary alicyclic amines) is 1. The van der Waals surface area contributed by atoms with Gasteiger partial charge in [0.1, 0.15) is 0 Å². The third-order valence-electron chi connectivity index (χ3n) is 3.89. The van der Waals surface area contributed by atoms with Crippen molar-refractivity contribution in [2.75, 3.05) is 19.6 Å². The van der Waals surface area contributed by atoms with Crippen LogP contribution in [0.2, 0.25) is 0 Å². The predicted octanol–water partition coefficient (Wildman–Crippen LogP) is 2.44. The largest absolute Gasteiger partial charge is 0.348 e. The highest BCUT2D eigenvalue weighted by molar-refractivity contribution is 5.76. The standard InChI is InChI=1S/C16H25N3O/c1-3-14(15-12-13(2)6-8-17-15)18-16(20)7-11-19-9-4-5-10-19/h6,8,12,14H,3-5,7,9-11H2,1-2H3,(H,18,20)/t14-/m1/s1. The summed E-state index contributed by atoms with van der Waals surface area (Å²) in [5.74, 6) is 0.132. The van der Waals surface area contributed by atoms with Gasteiger partial charge >= 0.3 is 0 Å². The van der Waals surface area contributed by atoms with Crippen LogP contribution in [0.25, 0.3) is 0 Å². The molecule has 0 aromatic carbocycles. The molecule has 1 N–H and O–H groups in total. The van der Waals surface area contributed by atoms with Gasteiger partial charge in [0, 0.05) is 19.2 Å². The topological polar surface area (TPSA) is 45.2 Å². The molecule has 1 atom stereocenters. The molecule has 1 saturated heterocycles. The number of hydrogen-bond acceptors (Lipinski definition) is 3. The fraction of sp³-hybridized carbons (Fsp3) is 0.625. The van der Waals surface area contributed by atoms with Gasteiger partial charge in [-0.2, -0.15) is 0 Å². The smallest absolute Gasteiger partial charge is 0.221 e. The van der Waals surface area contributed by atoms with Gasteiger partial charge in [0.25, 0.3) is 0 Å². The van der Waals surface area contributed by atoms with E-state index in [4.69, 9.17) is 0 Å². The van der Waals surface area contributed by atoms with Crippen LogP contribution < -0.4 is 5.32 Å². The van der Waals surface area contributed by atoms with E-state index in [9.17, 15) is 4.79 Å². The van der Waals surface area contributed by atoms with Crippen LogP contribution in [-0.2, 0) is 4.79 Å². The summed E-state index contributed by atoms with van der Waals surface area (Å²) in [6, 6.07) is 4.06. The number of pyridine rings is 1. The molecule has 2 rings (SSSR count). The number of carbonyl (C=O) groups excluding carboxylic acids is 1. The Morgan fingerprint density at radius 1 is 1.45 bits per heavy atom. The van der Waals surface area contributed by atoms with Gasteiger partial charge in [-0.3, -0.25) is 9.78 Å². The molecule has 0 bridgehead atoms. The van der Waals surface area contributed by atoms with Gasteiger partial charge < -0.3 is 10.2 Å². The number of hydrogen-bond donors (Lipinski definition) is 1. The molecule has 1 aromatic rings. The Morgan fingerprint density at radius 2 is 2.20 bits per heavy atom. The highest BCUT2D eigenvalue weighted by Gasteiger charge is 2.16. The number of carbonyl (C=O) groups is 1. The lowest BCUT2D eigenvalue weighted by molar-refractivity contribution is -0.122. The van der Waals surface area contributed by atoms with Crippen LogP contribution in [0.3, 0.4) is 0 Å². The summed E-state index contributed by atoms with van der Waals surface area (Å²) in [4.78, 5) is 18.8. The third-order valence-corrected chi connectivity index (χ3v) is 3.89. The van der Waals surface area contributed by atoms with Gasteiger partial charge in [-0.25, -0.2) is 0 Å². The Labute approximate surface area is 121 Å². The number of amides is 1. The Balaban J connectivity index is 1.84. The van der Waals surface area contributed by atoms with Gasteiger partial charge in [-0.15, -0.1) is 0 Å². The van der Waals surface area contributed by atoms with E-state index < -0.39 is 0 Å². The number of nitrogens with zero attached hydrogens (tertiary/aromatic N) is 2. The summed E-state index contributed by atoms with van der Waals surface area (Å²) >= 11 is 0. The molecule has 1 aliphatic rings.